The highest BCUT2D eigenvalue weighted by Gasteiger charge is 2.19. The van der Waals surface area contributed by atoms with Gasteiger partial charge < -0.3 is 15.2 Å². The van der Waals surface area contributed by atoms with Gasteiger partial charge in [-0.1, -0.05) is 30.3 Å². The standard InChI is InChI=1S/C13H17NO4/c1-2-17-13(16)11(14)8-12(15)18-9-10-6-4-3-5-7-10/h3-7,11H,2,8-9,14H2,1H3/t11-/m0/s1. The van der Waals surface area contributed by atoms with E-state index in [0.717, 1.165) is 5.56 Å². The van der Waals surface area contributed by atoms with Gasteiger partial charge in [0.1, 0.15) is 12.6 Å². The molecular weight excluding hydrogens is 234 g/mol. The maximum absolute atomic E-state index is 11.4. The van der Waals surface area contributed by atoms with E-state index in [1.165, 1.54) is 0 Å². The number of rotatable bonds is 6. The highest BCUT2D eigenvalue weighted by molar-refractivity contribution is 5.82. The molecule has 5 nitrogen and oxygen atoms in total. The second-order valence-corrected chi connectivity index (χ2v) is 3.71. The Kier molecular flexibility index (Phi) is 5.87. The fraction of sp³-hybridized carbons (Fsp3) is 0.385. The number of esters is 2. The van der Waals surface area contributed by atoms with Crippen LogP contribution in [0.5, 0.6) is 0 Å². The molecule has 0 fully saturated rings. The molecule has 1 aromatic carbocycles. The lowest BCUT2D eigenvalue weighted by Crippen LogP contribution is -2.35. The third-order valence-electron chi connectivity index (χ3n) is 2.22. The van der Waals surface area contributed by atoms with Gasteiger partial charge >= 0.3 is 11.9 Å². The molecule has 0 aliphatic heterocycles. The average Bonchev–Trinajstić information content (AvgIpc) is 2.38. The fourth-order valence-corrected chi connectivity index (χ4v) is 1.31. The van der Waals surface area contributed by atoms with Crippen molar-refractivity contribution in [2.75, 3.05) is 6.61 Å². The maximum atomic E-state index is 11.4. The Labute approximate surface area is 106 Å². The second-order valence-electron chi connectivity index (χ2n) is 3.71. The van der Waals surface area contributed by atoms with Crippen molar-refractivity contribution in [3.8, 4) is 0 Å². The minimum Gasteiger partial charge on any atom is -0.465 e. The summed E-state index contributed by atoms with van der Waals surface area (Å²) in [6.07, 6.45) is -0.175. The number of carbonyl (C=O) groups is 2. The predicted octanol–water partition coefficient (Wildman–Crippen LogP) is 1.01. The molecule has 0 aliphatic rings. The number of ether oxygens (including phenoxy) is 2. The van der Waals surface area contributed by atoms with Gasteiger partial charge in [0.15, 0.2) is 0 Å². The van der Waals surface area contributed by atoms with Gasteiger partial charge in [-0.2, -0.15) is 0 Å². The molecule has 0 heterocycles. The summed E-state index contributed by atoms with van der Waals surface area (Å²) in [6.45, 7) is 2.10. The van der Waals surface area contributed by atoms with Gasteiger partial charge in [0.05, 0.1) is 13.0 Å². The van der Waals surface area contributed by atoms with E-state index in [2.05, 4.69) is 0 Å². The molecule has 98 valence electrons. The van der Waals surface area contributed by atoms with E-state index in [0.29, 0.717) is 0 Å². The van der Waals surface area contributed by atoms with Crippen LogP contribution in [0, 0.1) is 0 Å². The van der Waals surface area contributed by atoms with Crippen molar-refractivity contribution >= 4 is 11.9 Å². The second kappa shape index (κ2) is 7.45. The van der Waals surface area contributed by atoms with Crippen molar-refractivity contribution in [2.24, 2.45) is 5.73 Å². The molecule has 1 aromatic rings. The van der Waals surface area contributed by atoms with E-state index in [4.69, 9.17) is 15.2 Å². The van der Waals surface area contributed by atoms with Crippen molar-refractivity contribution in [3.63, 3.8) is 0 Å². The molecule has 1 atom stereocenters. The summed E-state index contributed by atoms with van der Waals surface area (Å²) in [5.74, 6) is -1.10. The fourth-order valence-electron chi connectivity index (χ4n) is 1.31. The largest absolute Gasteiger partial charge is 0.465 e. The SMILES string of the molecule is CCOC(=O)[C@@H](N)CC(=O)OCc1ccccc1. The number of hydrogen-bond acceptors (Lipinski definition) is 5. The Morgan fingerprint density at radius 3 is 2.50 bits per heavy atom. The predicted molar refractivity (Wildman–Crippen MR) is 65.5 cm³/mol. The van der Waals surface area contributed by atoms with Crippen molar-refractivity contribution in [2.45, 2.75) is 26.0 Å². The van der Waals surface area contributed by atoms with Crippen LogP contribution in [-0.4, -0.2) is 24.6 Å². The first kappa shape index (κ1) is 14.2. The van der Waals surface area contributed by atoms with Crippen LogP contribution in [-0.2, 0) is 25.7 Å². The summed E-state index contributed by atoms with van der Waals surface area (Å²) in [4.78, 5) is 22.6. The lowest BCUT2D eigenvalue weighted by molar-refractivity contribution is -0.152. The Bertz CT molecular complexity index is 391. The van der Waals surface area contributed by atoms with Crippen molar-refractivity contribution in [1.82, 2.24) is 0 Å². The zero-order valence-electron chi connectivity index (χ0n) is 10.3. The molecule has 0 aliphatic carbocycles. The van der Waals surface area contributed by atoms with Crippen LogP contribution in [0.25, 0.3) is 0 Å². The van der Waals surface area contributed by atoms with Gasteiger partial charge in [0, 0.05) is 0 Å². The zero-order chi connectivity index (χ0) is 13.4. The maximum Gasteiger partial charge on any atom is 0.323 e. The summed E-state index contributed by atoms with van der Waals surface area (Å²) in [7, 11) is 0. The van der Waals surface area contributed by atoms with Gasteiger partial charge in [-0.15, -0.1) is 0 Å². The molecule has 2 N–H and O–H groups in total. The zero-order valence-corrected chi connectivity index (χ0v) is 10.3. The minimum absolute atomic E-state index is 0.175. The molecule has 0 amide bonds. The van der Waals surface area contributed by atoms with Crippen LogP contribution >= 0.6 is 0 Å². The molecule has 0 saturated carbocycles. The molecule has 1 rings (SSSR count). The molecule has 0 aromatic heterocycles. The van der Waals surface area contributed by atoms with Crippen LogP contribution in [0.15, 0.2) is 30.3 Å². The van der Waals surface area contributed by atoms with E-state index in [-0.39, 0.29) is 19.6 Å². The van der Waals surface area contributed by atoms with E-state index in [1.54, 1.807) is 6.92 Å². The van der Waals surface area contributed by atoms with Crippen LogP contribution in [0.1, 0.15) is 18.9 Å². The van der Waals surface area contributed by atoms with E-state index in [9.17, 15) is 9.59 Å². The van der Waals surface area contributed by atoms with Crippen molar-refractivity contribution < 1.29 is 19.1 Å². The summed E-state index contributed by atoms with van der Waals surface area (Å²) < 4.78 is 9.70. The molecule has 0 radical (unpaired) electrons. The third kappa shape index (κ3) is 4.97. The Morgan fingerprint density at radius 1 is 1.22 bits per heavy atom. The van der Waals surface area contributed by atoms with Gasteiger partial charge in [0.2, 0.25) is 0 Å². The molecule has 0 unspecified atom stereocenters. The normalized spacial score (nSPS) is 11.7. The monoisotopic (exact) mass is 251 g/mol. The molecule has 0 saturated heterocycles. The van der Waals surface area contributed by atoms with Gasteiger partial charge in [-0.25, -0.2) is 0 Å². The molecule has 18 heavy (non-hydrogen) atoms. The molecule has 0 bridgehead atoms. The van der Waals surface area contributed by atoms with Gasteiger partial charge in [-0.05, 0) is 12.5 Å². The summed E-state index contributed by atoms with van der Waals surface area (Å²) >= 11 is 0. The Balaban J connectivity index is 2.31. The first-order chi connectivity index (χ1) is 8.63. The first-order valence-electron chi connectivity index (χ1n) is 5.75. The Hall–Kier alpha value is -1.88. The van der Waals surface area contributed by atoms with Gasteiger partial charge in [0.25, 0.3) is 0 Å². The average molecular weight is 251 g/mol. The van der Waals surface area contributed by atoms with E-state index >= 15 is 0 Å². The van der Waals surface area contributed by atoms with Crippen molar-refractivity contribution in [3.05, 3.63) is 35.9 Å². The highest BCUT2D eigenvalue weighted by Crippen LogP contribution is 2.03. The van der Waals surface area contributed by atoms with Crippen LogP contribution in [0.2, 0.25) is 0 Å². The number of nitrogens with two attached hydrogens (primary N) is 1. The van der Waals surface area contributed by atoms with Crippen LogP contribution in [0.3, 0.4) is 0 Å². The topological polar surface area (TPSA) is 78.6 Å². The lowest BCUT2D eigenvalue weighted by atomic mass is 10.2. The highest BCUT2D eigenvalue weighted by atomic mass is 16.5. The Morgan fingerprint density at radius 2 is 1.89 bits per heavy atom. The number of carbonyl (C=O) groups excluding carboxylic acids is 2. The summed E-state index contributed by atoms with van der Waals surface area (Å²) in [6, 6.07) is 8.31. The van der Waals surface area contributed by atoms with Crippen LogP contribution in [0.4, 0.5) is 0 Å². The lowest BCUT2D eigenvalue weighted by Gasteiger charge is -2.10. The number of hydrogen-bond donors (Lipinski definition) is 1. The number of benzene rings is 1. The molecule has 5 heteroatoms. The summed E-state index contributed by atoms with van der Waals surface area (Å²) in [5, 5.41) is 0. The van der Waals surface area contributed by atoms with Gasteiger partial charge in [-0.3, -0.25) is 9.59 Å². The van der Waals surface area contributed by atoms with Crippen molar-refractivity contribution in [1.29, 1.82) is 0 Å². The third-order valence-corrected chi connectivity index (χ3v) is 2.22. The molecule has 0 spiro atoms. The quantitative estimate of drug-likeness (QED) is 0.763. The van der Waals surface area contributed by atoms with E-state index in [1.807, 2.05) is 30.3 Å². The minimum atomic E-state index is -0.965. The van der Waals surface area contributed by atoms with E-state index < -0.39 is 18.0 Å². The first-order valence-corrected chi connectivity index (χ1v) is 5.75. The molecular formula is C13H17NO4. The smallest absolute Gasteiger partial charge is 0.323 e. The van der Waals surface area contributed by atoms with Crippen LogP contribution < -0.4 is 5.73 Å². The summed E-state index contributed by atoms with van der Waals surface area (Å²) in [5.41, 5.74) is 6.38.